The molecule has 0 bridgehead atoms. The average Bonchev–Trinajstić information content (AvgIpc) is 2.46. The molecule has 2 rings (SSSR count). The van der Waals surface area contributed by atoms with Crippen LogP contribution in [0.2, 0.25) is 0 Å². The second kappa shape index (κ2) is 8.07. The van der Waals surface area contributed by atoms with Crippen LogP contribution < -0.4 is 10.1 Å². The summed E-state index contributed by atoms with van der Waals surface area (Å²) in [5.41, 5.74) is 0. The summed E-state index contributed by atoms with van der Waals surface area (Å²) < 4.78 is 18.1. The summed E-state index contributed by atoms with van der Waals surface area (Å²) in [7, 11) is 1.94. The Morgan fingerprint density at radius 3 is 2.50 bits per heavy atom. The molecule has 112 valence electrons. The monoisotopic (exact) mass is 302 g/mol. The van der Waals surface area contributed by atoms with Crippen molar-refractivity contribution in [3.05, 3.63) is 30.1 Å². The van der Waals surface area contributed by atoms with Crippen molar-refractivity contribution in [2.45, 2.75) is 18.9 Å². The number of nitrogens with zero attached hydrogens (tertiary/aromatic N) is 1. The minimum atomic E-state index is -0.312. The van der Waals surface area contributed by atoms with Crippen LogP contribution in [0.5, 0.6) is 5.75 Å². The Hall–Kier alpha value is -1.33. The Kier molecular flexibility index (Phi) is 6.75. The zero-order valence-corrected chi connectivity index (χ0v) is 12.3. The first-order valence-electron chi connectivity index (χ1n) is 6.52. The van der Waals surface area contributed by atoms with E-state index in [9.17, 15) is 9.18 Å². The molecule has 6 heteroatoms. The van der Waals surface area contributed by atoms with Crippen molar-refractivity contribution < 1.29 is 13.9 Å². The maximum Gasteiger partial charge on any atom is 0.260 e. The molecule has 1 aliphatic rings. The standard InChI is InChI=1S/C14H19FN2O2.ClH/c1-16-12-6-8-17(9-7-12)14(18)10-19-13-4-2-11(15)3-5-13;/h2-5,12,16H,6-10H2,1H3;1H. The summed E-state index contributed by atoms with van der Waals surface area (Å²) in [5, 5.41) is 3.22. The number of rotatable bonds is 4. The average molecular weight is 303 g/mol. The van der Waals surface area contributed by atoms with Crippen molar-refractivity contribution in [3.8, 4) is 5.75 Å². The number of hydrogen-bond donors (Lipinski definition) is 1. The SMILES string of the molecule is CNC1CCN(C(=O)COc2ccc(F)cc2)CC1.Cl. The molecule has 0 spiro atoms. The highest BCUT2D eigenvalue weighted by Crippen LogP contribution is 2.13. The zero-order valence-electron chi connectivity index (χ0n) is 11.5. The number of amides is 1. The fourth-order valence-electron chi connectivity index (χ4n) is 2.18. The summed E-state index contributed by atoms with van der Waals surface area (Å²) in [6, 6.07) is 6.18. The van der Waals surface area contributed by atoms with Crippen molar-refractivity contribution in [1.82, 2.24) is 10.2 Å². The van der Waals surface area contributed by atoms with E-state index in [4.69, 9.17) is 4.74 Å². The van der Waals surface area contributed by atoms with Crippen LogP contribution in [-0.4, -0.2) is 43.6 Å². The molecule has 1 amide bonds. The Balaban J connectivity index is 0.00000200. The lowest BCUT2D eigenvalue weighted by atomic mass is 10.1. The van der Waals surface area contributed by atoms with Gasteiger partial charge in [0.15, 0.2) is 6.61 Å². The third-order valence-electron chi connectivity index (χ3n) is 3.43. The number of nitrogens with one attached hydrogen (secondary N) is 1. The molecule has 0 saturated carbocycles. The van der Waals surface area contributed by atoms with Crippen LogP contribution in [0.25, 0.3) is 0 Å². The van der Waals surface area contributed by atoms with Gasteiger partial charge < -0.3 is 15.0 Å². The van der Waals surface area contributed by atoms with E-state index in [1.54, 1.807) is 0 Å². The van der Waals surface area contributed by atoms with Gasteiger partial charge in [-0.05, 0) is 44.2 Å². The normalized spacial score (nSPS) is 15.6. The minimum Gasteiger partial charge on any atom is -0.484 e. The molecule has 1 aliphatic heterocycles. The summed E-state index contributed by atoms with van der Waals surface area (Å²) in [4.78, 5) is 13.8. The molecule has 1 saturated heterocycles. The third kappa shape index (κ3) is 4.65. The van der Waals surface area contributed by atoms with Gasteiger partial charge in [0.05, 0.1) is 0 Å². The number of carbonyl (C=O) groups is 1. The predicted molar refractivity (Wildman–Crippen MR) is 77.8 cm³/mol. The van der Waals surface area contributed by atoms with Crippen molar-refractivity contribution in [2.75, 3.05) is 26.7 Å². The van der Waals surface area contributed by atoms with E-state index >= 15 is 0 Å². The van der Waals surface area contributed by atoms with Gasteiger partial charge in [0.25, 0.3) is 5.91 Å². The van der Waals surface area contributed by atoms with Crippen LogP contribution in [0, 0.1) is 5.82 Å². The van der Waals surface area contributed by atoms with Gasteiger partial charge in [-0.15, -0.1) is 12.4 Å². The summed E-state index contributed by atoms with van der Waals surface area (Å²) >= 11 is 0. The van der Waals surface area contributed by atoms with E-state index in [0.717, 1.165) is 25.9 Å². The van der Waals surface area contributed by atoms with Crippen molar-refractivity contribution in [1.29, 1.82) is 0 Å². The maximum absolute atomic E-state index is 12.7. The fraction of sp³-hybridized carbons (Fsp3) is 0.500. The van der Waals surface area contributed by atoms with Gasteiger partial charge in [0, 0.05) is 19.1 Å². The molecule has 1 heterocycles. The first kappa shape index (κ1) is 16.7. The molecule has 0 aliphatic carbocycles. The zero-order chi connectivity index (χ0) is 13.7. The second-order valence-electron chi connectivity index (χ2n) is 4.69. The number of halogens is 2. The molecule has 0 atom stereocenters. The number of piperidine rings is 1. The topological polar surface area (TPSA) is 41.6 Å². The van der Waals surface area contributed by atoms with Gasteiger partial charge in [0.1, 0.15) is 11.6 Å². The minimum absolute atomic E-state index is 0. The van der Waals surface area contributed by atoms with Gasteiger partial charge in [0.2, 0.25) is 0 Å². The van der Waals surface area contributed by atoms with E-state index in [1.807, 2.05) is 11.9 Å². The van der Waals surface area contributed by atoms with Gasteiger partial charge in [-0.25, -0.2) is 4.39 Å². The molecule has 1 aromatic rings. The number of carbonyl (C=O) groups excluding carboxylic acids is 1. The number of ether oxygens (including phenoxy) is 1. The molecule has 1 fully saturated rings. The molecular formula is C14H20ClFN2O2. The molecule has 1 N–H and O–H groups in total. The van der Waals surface area contributed by atoms with Crippen LogP contribution in [0.4, 0.5) is 4.39 Å². The summed E-state index contributed by atoms with van der Waals surface area (Å²) in [6.45, 7) is 1.53. The van der Waals surface area contributed by atoms with E-state index < -0.39 is 0 Å². The van der Waals surface area contributed by atoms with Crippen molar-refractivity contribution >= 4 is 18.3 Å². The fourth-order valence-corrected chi connectivity index (χ4v) is 2.18. The highest BCUT2D eigenvalue weighted by atomic mass is 35.5. The van der Waals surface area contributed by atoms with Gasteiger partial charge >= 0.3 is 0 Å². The van der Waals surface area contributed by atoms with Crippen molar-refractivity contribution in [3.63, 3.8) is 0 Å². The van der Waals surface area contributed by atoms with E-state index in [0.29, 0.717) is 11.8 Å². The third-order valence-corrected chi connectivity index (χ3v) is 3.43. The molecule has 0 unspecified atom stereocenters. The van der Waals surface area contributed by atoms with Crippen LogP contribution >= 0.6 is 12.4 Å². The maximum atomic E-state index is 12.7. The lowest BCUT2D eigenvalue weighted by Crippen LogP contribution is -2.45. The van der Waals surface area contributed by atoms with Crippen LogP contribution in [-0.2, 0) is 4.79 Å². The molecule has 4 nitrogen and oxygen atoms in total. The summed E-state index contributed by atoms with van der Waals surface area (Å²) in [5.74, 6) is 0.187. The van der Waals surface area contributed by atoms with E-state index in [2.05, 4.69) is 5.32 Å². The Bertz CT molecular complexity index is 420. The van der Waals surface area contributed by atoms with Crippen molar-refractivity contribution in [2.24, 2.45) is 0 Å². The molecule has 0 radical (unpaired) electrons. The highest BCUT2D eigenvalue weighted by molar-refractivity contribution is 5.85. The molecular weight excluding hydrogens is 283 g/mol. The number of likely N-dealkylation sites (tertiary alicyclic amines) is 1. The van der Waals surface area contributed by atoms with Gasteiger partial charge in [-0.1, -0.05) is 0 Å². The molecule has 0 aromatic heterocycles. The first-order valence-corrected chi connectivity index (χ1v) is 6.52. The van der Waals surface area contributed by atoms with Gasteiger partial charge in [-0.2, -0.15) is 0 Å². The van der Waals surface area contributed by atoms with E-state index in [-0.39, 0.29) is 30.7 Å². The number of benzene rings is 1. The van der Waals surface area contributed by atoms with Crippen LogP contribution in [0.15, 0.2) is 24.3 Å². The molecule has 20 heavy (non-hydrogen) atoms. The van der Waals surface area contributed by atoms with Crippen LogP contribution in [0.1, 0.15) is 12.8 Å². The largest absolute Gasteiger partial charge is 0.484 e. The first-order chi connectivity index (χ1) is 9.19. The van der Waals surface area contributed by atoms with Gasteiger partial charge in [-0.3, -0.25) is 4.79 Å². The Morgan fingerprint density at radius 2 is 1.95 bits per heavy atom. The quantitative estimate of drug-likeness (QED) is 0.923. The lowest BCUT2D eigenvalue weighted by Gasteiger charge is -2.31. The number of hydrogen-bond acceptors (Lipinski definition) is 3. The summed E-state index contributed by atoms with van der Waals surface area (Å²) in [6.07, 6.45) is 1.94. The lowest BCUT2D eigenvalue weighted by molar-refractivity contribution is -0.134. The van der Waals surface area contributed by atoms with E-state index in [1.165, 1.54) is 24.3 Å². The Morgan fingerprint density at radius 1 is 1.35 bits per heavy atom. The molecule has 1 aromatic carbocycles. The highest BCUT2D eigenvalue weighted by Gasteiger charge is 2.21. The predicted octanol–water partition coefficient (Wildman–Crippen LogP) is 1.84. The second-order valence-corrected chi connectivity index (χ2v) is 4.69. The smallest absolute Gasteiger partial charge is 0.260 e. The Labute approximate surface area is 124 Å². The van der Waals surface area contributed by atoms with Crippen LogP contribution in [0.3, 0.4) is 0 Å².